The molecule has 0 unspecified atom stereocenters. The van der Waals surface area contributed by atoms with E-state index in [1.165, 1.54) is 12.1 Å². The van der Waals surface area contributed by atoms with Crippen LogP contribution in [0.15, 0.2) is 27.1 Å². The molecule has 0 aliphatic heterocycles. The molecular weight excluding hydrogens is 305 g/mol. The zero-order valence-corrected chi connectivity index (χ0v) is 9.58. The van der Waals surface area contributed by atoms with Crippen LogP contribution in [-0.2, 0) is 6.18 Å². The van der Waals surface area contributed by atoms with Gasteiger partial charge in [-0.15, -0.1) is 5.10 Å². The Hall–Kier alpha value is -1.57. The number of alkyl halides is 3. The molecule has 0 fully saturated rings. The summed E-state index contributed by atoms with van der Waals surface area (Å²) in [4.78, 5) is 0. The van der Waals surface area contributed by atoms with E-state index in [9.17, 15) is 13.2 Å². The van der Waals surface area contributed by atoms with Crippen LogP contribution in [0.3, 0.4) is 0 Å². The van der Waals surface area contributed by atoms with E-state index < -0.39 is 17.8 Å². The van der Waals surface area contributed by atoms with Crippen LogP contribution in [0.2, 0.25) is 0 Å². The third kappa shape index (κ3) is 2.41. The van der Waals surface area contributed by atoms with E-state index in [-0.39, 0.29) is 15.9 Å². The molecule has 0 amide bonds. The molecule has 1 aromatic carbocycles. The molecule has 0 saturated heterocycles. The van der Waals surface area contributed by atoms with Crippen LogP contribution in [0.1, 0.15) is 5.56 Å². The lowest BCUT2D eigenvalue weighted by atomic mass is 10.1. The first-order valence-corrected chi connectivity index (χ1v) is 5.07. The van der Waals surface area contributed by atoms with Crippen LogP contribution < -0.4 is 0 Å². The van der Waals surface area contributed by atoms with E-state index in [1.807, 2.05) is 0 Å². The van der Waals surface area contributed by atoms with Gasteiger partial charge in [0.2, 0.25) is 0 Å². The van der Waals surface area contributed by atoms with Gasteiger partial charge in [-0.2, -0.15) is 13.2 Å². The average molecular weight is 309 g/mol. The molecule has 0 radical (unpaired) electrons. The van der Waals surface area contributed by atoms with Gasteiger partial charge in [-0.25, -0.2) is 0 Å². The number of aromatic nitrogens is 2. The summed E-state index contributed by atoms with van der Waals surface area (Å²) in [7, 11) is 0. The van der Waals surface area contributed by atoms with Gasteiger partial charge in [0.15, 0.2) is 0 Å². The first-order valence-electron chi connectivity index (χ1n) is 4.27. The molecule has 17 heavy (non-hydrogen) atoms. The van der Waals surface area contributed by atoms with Crippen molar-refractivity contribution >= 4 is 15.9 Å². The molecule has 0 bridgehead atoms. The SMILES string of the molecule is Oc1nnc(-c2ccc(Br)c(C(F)(F)F)c2)o1. The van der Waals surface area contributed by atoms with E-state index in [2.05, 4.69) is 30.5 Å². The Morgan fingerprint density at radius 3 is 2.47 bits per heavy atom. The van der Waals surface area contributed by atoms with Crippen molar-refractivity contribution in [2.75, 3.05) is 0 Å². The molecule has 90 valence electrons. The van der Waals surface area contributed by atoms with E-state index in [4.69, 9.17) is 5.11 Å². The van der Waals surface area contributed by atoms with Crippen molar-refractivity contribution in [2.45, 2.75) is 6.18 Å². The lowest BCUT2D eigenvalue weighted by Gasteiger charge is -2.09. The van der Waals surface area contributed by atoms with Crippen molar-refractivity contribution in [3.63, 3.8) is 0 Å². The molecule has 0 aliphatic carbocycles. The number of halogens is 4. The Morgan fingerprint density at radius 1 is 1.24 bits per heavy atom. The summed E-state index contributed by atoms with van der Waals surface area (Å²) in [5.41, 5.74) is -0.777. The maximum Gasteiger partial charge on any atom is 0.417 e. The Balaban J connectivity index is 2.51. The normalized spacial score (nSPS) is 11.8. The summed E-state index contributed by atoms with van der Waals surface area (Å²) in [5.74, 6) is -0.180. The predicted molar refractivity (Wildman–Crippen MR) is 54.1 cm³/mol. The second kappa shape index (κ2) is 4.02. The molecule has 2 aromatic rings. The Bertz CT molecular complexity index is 553. The molecule has 1 N–H and O–H groups in total. The van der Waals surface area contributed by atoms with Crippen LogP contribution in [0.25, 0.3) is 11.5 Å². The van der Waals surface area contributed by atoms with Crippen molar-refractivity contribution in [1.82, 2.24) is 10.2 Å². The number of nitrogens with zero attached hydrogens (tertiary/aromatic N) is 2. The number of rotatable bonds is 1. The first kappa shape index (κ1) is 11.9. The van der Waals surface area contributed by atoms with Crippen LogP contribution in [0.4, 0.5) is 13.2 Å². The topological polar surface area (TPSA) is 59.2 Å². The highest BCUT2D eigenvalue weighted by Crippen LogP contribution is 2.37. The summed E-state index contributed by atoms with van der Waals surface area (Å²) in [5, 5.41) is 15.4. The largest absolute Gasteiger partial charge is 0.465 e. The molecule has 0 spiro atoms. The molecular formula is C9H4BrF3N2O2. The predicted octanol–water partition coefficient (Wildman–Crippen LogP) is 3.22. The number of benzene rings is 1. The van der Waals surface area contributed by atoms with Gasteiger partial charge in [0.25, 0.3) is 5.89 Å². The van der Waals surface area contributed by atoms with Gasteiger partial charge in [0, 0.05) is 10.0 Å². The standard InChI is InChI=1S/C9H4BrF3N2O2/c10-6-2-1-4(3-5(6)9(11,12)13)7-14-15-8(16)17-7/h1-3H,(H,15,16). The second-order valence-corrected chi connectivity index (χ2v) is 3.94. The number of hydrogen-bond acceptors (Lipinski definition) is 4. The lowest BCUT2D eigenvalue weighted by Crippen LogP contribution is -2.06. The van der Waals surface area contributed by atoms with Gasteiger partial charge in [0.1, 0.15) is 0 Å². The Labute approximate surface area is 101 Å². The molecule has 1 aromatic heterocycles. The highest BCUT2D eigenvalue weighted by molar-refractivity contribution is 9.10. The molecule has 2 rings (SSSR count). The molecule has 0 atom stereocenters. The quantitative estimate of drug-likeness (QED) is 0.878. The fraction of sp³-hybridized carbons (Fsp3) is 0.111. The fourth-order valence-corrected chi connectivity index (χ4v) is 1.68. The minimum Gasteiger partial charge on any atom is -0.465 e. The van der Waals surface area contributed by atoms with Crippen molar-refractivity contribution < 1.29 is 22.7 Å². The monoisotopic (exact) mass is 308 g/mol. The zero-order chi connectivity index (χ0) is 12.6. The van der Waals surface area contributed by atoms with Crippen molar-refractivity contribution in [3.05, 3.63) is 28.2 Å². The summed E-state index contributed by atoms with van der Waals surface area (Å²) in [6.07, 6.45) is -5.19. The Morgan fingerprint density at radius 2 is 1.94 bits per heavy atom. The van der Waals surface area contributed by atoms with Crippen LogP contribution in [0, 0.1) is 0 Å². The molecule has 1 heterocycles. The van der Waals surface area contributed by atoms with Gasteiger partial charge >= 0.3 is 12.3 Å². The summed E-state index contributed by atoms with van der Waals surface area (Å²) in [6, 6.07) is 3.45. The highest BCUT2D eigenvalue weighted by Gasteiger charge is 2.33. The lowest BCUT2D eigenvalue weighted by molar-refractivity contribution is -0.138. The van der Waals surface area contributed by atoms with Crippen molar-refractivity contribution in [1.29, 1.82) is 0 Å². The van der Waals surface area contributed by atoms with Gasteiger partial charge in [-0.05, 0) is 18.2 Å². The summed E-state index contributed by atoms with van der Waals surface area (Å²) < 4.78 is 42.4. The van der Waals surface area contributed by atoms with E-state index in [0.717, 1.165) is 6.07 Å². The zero-order valence-electron chi connectivity index (χ0n) is 7.99. The van der Waals surface area contributed by atoms with Crippen LogP contribution in [-0.4, -0.2) is 15.3 Å². The Kier molecular flexibility index (Phi) is 2.82. The third-order valence-electron chi connectivity index (χ3n) is 1.93. The maximum absolute atomic E-state index is 12.6. The van der Waals surface area contributed by atoms with Crippen LogP contribution >= 0.6 is 15.9 Å². The first-order chi connectivity index (χ1) is 7.88. The van der Waals surface area contributed by atoms with Crippen molar-refractivity contribution in [2.24, 2.45) is 0 Å². The molecule has 0 saturated carbocycles. The van der Waals surface area contributed by atoms with Gasteiger partial charge in [0.05, 0.1) is 5.56 Å². The third-order valence-corrected chi connectivity index (χ3v) is 2.62. The van der Waals surface area contributed by atoms with E-state index in [0.29, 0.717) is 0 Å². The molecule has 4 nitrogen and oxygen atoms in total. The molecule has 0 aliphatic rings. The van der Waals surface area contributed by atoms with Gasteiger partial charge in [-0.1, -0.05) is 21.0 Å². The number of hydrogen-bond donors (Lipinski definition) is 1. The maximum atomic E-state index is 12.6. The minimum absolute atomic E-state index is 0.0772. The highest BCUT2D eigenvalue weighted by atomic mass is 79.9. The van der Waals surface area contributed by atoms with Gasteiger partial charge in [-0.3, -0.25) is 0 Å². The number of aromatic hydroxyl groups is 1. The summed E-state index contributed by atoms with van der Waals surface area (Å²) in [6.45, 7) is 0. The molecule has 8 heteroatoms. The average Bonchev–Trinajstić information content (AvgIpc) is 2.64. The smallest absolute Gasteiger partial charge is 0.417 e. The van der Waals surface area contributed by atoms with Crippen LogP contribution in [0.5, 0.6) is 6.08 Å². The summed E-state index contributed by atoms with van der Waals surface area (Å²) >= 11 is 2.81. The second-order valence-electron chi connectivity index (χ2n) is 3.08. The minimum atomic E-state index is -4.49. The fourth-order valence-electron chi connectivity index (χ4n) is 1.21. The van der Waals surface area contributed by atoms with E-state index in [1.54, 1.807) is 0 Å². The van der Waals surface area contributed by atoms with Crippen molar-refractivity contribution in [3.8, 4) is 17.5 Å². The van der Waals surface area contributed by atoms with Gasteiger partial charge < -0.3 is 9.52 Å². The van der Waals surface area contributed by atoms with E-state index >= 15 is 0 Å².